The number of rotatable bonds is 24. The maximum Gasteiger partial charge on any atom is 0.0579 e. The van der Waals surface area contributed by atoms with E-state index in [-0.39, 0.29) is 0 Å². The van der Waals surface area contributed by atoms with Crippen LogP contribution >= 0.6 is 0 Å². The second-order valence-electron chi connectivity index (χ2n) is 18.1. The molecule has 3 nitrogen and oxygen atoms in total. The highest BCUT2D eigenvalue weighted by molar-refractivity contribution is 6.09. The second kappa shape index (κ2) is 27.6. The molecule has 3 heteroatoms. The molecule has 1 heterocycles. The van der Waals surface area contributed by atoms with Gasteiger partial charge in [0, 0.05) is 70.8 Å². The van der Waals surface area contributed by atoms with Gasteiger partial charge in [0.1, 0.15) is 0 Å². The number of aromatic nitrogens is 1. The third-order valence-electron chi connectivity index (χ3n) is 12.8. The monoisotopic (exact) mass is 846 g/mol. The zero-order chi connectivity index (χ0) is 44.7. The highest BCUT2D eigenvalue weighted by Crippen LogP contribution is 2.38. The smallest absolute Gasteiger partial charge is 0.0579 e. The van der Waals surface area contributed by atoms with Gasteiger partial charge in [-0.05, 0) is 98.9 Å². The maximum atomic E-state index is 3.75. The van der Waals surface area contributed by atoms with E-state index in [2.05, 4.69) is 148 Å². The molecule has 0 unspecified atom stereocenters. The summed E-state index contributed by atoms with van der Waals surface area (Å²) < 4.78 is 2.66. The van der Waals surface area contributed by atoms with Crippen molar-refractivity contribution in [2.24, 2.45) is 0 Å². The van der Waals surface area contributed by atoms with E-state index in [0.717, 1.165) is 62.9 Å². The first-order valence-corrected chi connectivity index (χ1v) is 25.8. The number of hydrogen-bond donors (Lipinski definition) is 2. The van der Waals surface area contributed by atoms with Crippen molar-refractivity contribution in [2.75, 3.05) is 23.7 Å². The molecule has 1 aliphatic carbocycles. The summed E-state index contributed by atoms with van der Waals surface area (Å²) in [6.45, 7) is 18.9. The fraction of sp³-hybridized carbons (Fsp3) is 0.533. The van der Waals surface area contributed by atoms with Gasteiger partial charge in [-0.2, -0.15) is 0 Å². The molecule has 2 N–H and O–H groups in total. The first kappa shape index (κ1) is 49.4. The van der Waals surface area contributed by atoms with Gasteiger partial charge < -0.3 is 15.2 Å². The Kier molecular flexibility index (Phi) is 21.6. The molecule has 0 amide bonds. The van der Waals surface area contributed by atoms with Crippen molar-refractivity contribution < 1.29 is 0 Å². The van der Waals surface area contributed by atoms with Gasteiger partial charge in [0.15, 0.2) is 0 Å². The Labute approximate surface area is 384 Å². The lowest BCUT2D eigenvalue weighted by molar-refractivity contribution is 0.592. The van der Waals surface area contributed by atoms with E-state index < -0.39 is 0 Å². The summed E-state index contributed by atoms with van der Waals surface area (Å²) in [5.74, 6) is 13.7. The van der Waals surface area contributed by atoms with E-state index in [1.54, 1.807) is 11.1 Å². The molecule has 0 saturated heterocycles. The van der Waals surface area contributed by atoms with Crippen LogP contribution in [0.25, 0.3) is 38.5 Å². The van der Waals surface area contributed by atoms with Gasteiger partial charge in [0.05, 0.1) is 16.9 Å². The van der Waals surface area contributed by atoms with Gasteiger partial charge >= 0.3 is 0 Å². The van der Waals surface area contributed by atoms with Crippen LogP contribution in [-0.2, 0) is 19.4 Å². The van der Waals surface area contributed by atoms with Crippen molar-refractivity contribution >= 4 is 49.9 Å². The minimum Gasteiger partial charge on any atom is -0.384 e. The van der Waals surface area contributed by atoms with Crippen LogP contribution < -0.4 is 10.6 Å². The average Bonchev–Trinajstić information content (AvgIpc) is 3.90. The van der Waals surface area contributed by atoms with Gasteiger partial charge in [-0.15, -0.1) is 0 Å². The number of benzene rings is 4. The van der Waals surface area contributed by atoms with Crippen LogP contribution in [0.1, 0.15) is 205 Å². The first-order valence-electron chi connectivity index (χ1n) is 25.8. The lowest BCUT2D eigenvalue weighted by atomic mass is 9.97. The molecule has 0 spiro atoms. The Balaban J connectivity index is 0.000000240. The first-order chi connectivity index (χ1) is 31.0. The van der Waals surface area contributed by atoms with Crippen molar-refractivity contribution in [2.45, 2.75) is 196 Å². The molecular weight excluding hydrogens is 763 g/mol. The second-order valence-corrected chi connectivity index (χ2v) is 18.1. The van der Waals surface area contributed by atoms with Gasteiger partial charge in [0.25, 0.3) is 0 Å². The predicted molar refractivity (Wildman–Crippen MR) is 282 cm³/mol. The number of hydrogen-bond acceptors (Lipinski definition) is 2. The van der Waals surface area contributed by atoms with Crippen LogP contribution in [-0.4, -0.2) is 17.7 Å². The topological polar surface area (TPSA) is 29.0 Å². The van der Waals surface area contributed by atoms with Gasteiger partial charge in [-0.1, -0.05) is 184 Å². The Bertz CT molecular complexity index is 2250. The molecule has 0 fully saturated rings. The van der Waals surface area contributed by atoms with Crippen LogP contribution in [0.15, 0.2) is 60.2 Å². The van der Waals surface area contributed by atoms with Crippen molar-refractivity contribution in [1.29, 1.82) is 0 Å². The molecule has 5 aromatic rings. The number of aryl methyl sites for hydroxylation is 2. The fourth-order valence-electron chi connectivity index (χ4n) is 9.06. The summed E-state index contributed by atoms with van der Waals surface area (Å²) in [6.07, 6.45) is 29.0. The number of nitrogens with zero attached hydrogens (tertiary/aromatic N) is 1. The molecule has 0 bridgehead atoms. The average molecular weight is 846 g/mol. The van der Waals surface area contributed by atoms with E-state index in [1.807, 2.05) is 0 Å². The van der Waals surface area contributed by atoms with Crippen LogP contribution in [0, 0.1) is 23.7 Å². The summed E-state index contributed by atoms with van der Waals surface area (Å²) in [4.78, 5) is 0. The number of fused-ring (bicyclic) bond motifs is 6. The number of anilines is 2. The molecule has 0 radical (unpaired) electrons. The van der Waals surface area contributed by atoms with Crippen LogP contribution in [0.5, 0.6) is 0 Å². The van der Waals surface area contributed by atoms with Crippen molar-refractivity contribution in [3.63, 3.8) is 0 Å². The molecule has 1 aromatic heterocycles. The fourth-order valence-corrected chi connectivity index (χ4v) is 9.06. The molecular formula is C60H83N3. The number of allylic oxidation sites excluding steroid dienone is 1. The van der Waals surface area contributed by atoms with Crippen LogP contribution in [0.2, 0.25) is 0 Å². The predicted octanol–water partition coefficient (Wildman–Crippen LogP) is 17.6. The summed E-state index contributed by atoms with van der Waals surface area (Å²) in [6, 6.07) is 20.9. The summed E-state index contributed by atoms with van der Waals surface area (Å²) >= 11 is 0. The Morgan fingerprint density at radius 1 is 0.508 bits per heavy atom. The molecule has 6 rings (SSSR count). The molecule has 338 valence electrons. The van der Waals surface area contributed by atoms with E-state index in [9.17, 15) is 0 Å². The van der Waals surface area contributed by atoms with Crippen LogP contribution in [0.3, 0.4) is 0 Å². The van der Waals surface area contributed by atoms with Crippen molar-refractivity contribution in [3.05, 3.63) is 88.1 Å². The summed E-state index contributed by atoms with van der Waals surface area (Å²) in [5.41, 5.74) is 12.2. The number of unbranched alkanes of at least 4 members (excludes halogenated alkanes) is 12. The Hall–Kier alpha value is -4.60. The van der Waals surface area contributed by atoms with Crippen LogP contribution in [0.4, 0.5) is 11.4 Å². The lowest BCUT2D eigenvalue weighted by Gasteiger charge is -2.17. The molecule has 0 aliphatic heterocycles. The largest absolute Gasteiger partial charge is 0.384 e. The Morgan fingerprint density at radius 3 is 1.60 bits per heavy atom. The standard InChI is InChI=1S/C32H46N2.C28H37N/c1-5-9-13-15-19-27-21-23-30-29(31(27)33-25-17-11-7-3)24-22-28(20-16-14-10-6-2)32(30)34-26-18-12-8-4;1-4-7-10-17-29-24(12-9-6-3)20-23-14-15-25-26(28(23)29)16-13-22-18-21(11-8-5-2)19-27(22)25/h21-24,33-34H,5-14,17-18,25-26H2,1-4H3;13-16,18,20H,4-12,17,19H2,1-3H3. The van der Waals surface area contributed by atoms with Gasteiger partial charge in [0.2, 0.25) is 0 Å². The lowest BCUT2D eigenvalue weighted by Crippen LogP contribution is -2.07. The molecule has 0 atom stereocenters. The molecule has 0 saturated carbocycles. The molecule has 63 heavy (non-hydrogen) atoms. The van der Waals surface area contributed by atoms with E-state index in [0.29, 0.717) is 0 Å². The van der Waals surface area contributed by atoms with E-state index >= 15 is 0 Å². The third kappa shape index (κ3) is 13.9. The Morgan fingerprint density at radius 2 is 1.03 bits per heavy atom. The maximum absolute atomic E-state index is 3.75. The van der Waals surface area contributed by atoms with E-state index in [1.165, 1.54) is 164 Å². The van der Waals surface area contributed by atoms with Crippen molar-refractivity contribution in [1.82, 2.24) is 4.57 Å². The number of nitrogens with one attached hydrogen (secondary N) is 2. The summed E-state index contributed by atoms with van der Waals surface area (Å²) in [5, 5.41) is 14.4. The van der Waals surface area contributed by atoms with E-state index in [4.69, 9.17) is 0 Å². The molecule has 4 aromatic carbocycles. The molecule has 1 aliphatic rings. The SMILES string of the molecule is CCCCC#Cc1ccc2c(NCCCCC)c(C#CCCCC)ccc2c1NCCCCC.CCCCCn1c(CCCC)cc2ccc3c4c(ccc3c21)C=C(CCCC)C4. The normalized spacial score (nSPS) is 11.8. The highest BCUT2D eigenvalue weighted by atomic mass is 15.0. The third-order valence-corrected chi connectivity index (χ3v) is 12.8. The summed E-state index contributed by atoms with van der Waals surface area (Å²) in [7, 11) is 0. The zero-order valence-electron chi connectivity index (χ0n) is 40.9. The van der Waals surface area contributed by atoms with Gasteiger partial charge in [-0.3, -0.25) is 0 Å². The minimum absolute atomic E-state index is 0.959. The minimum atomic E-state index is 0.959. The quantitative estimate of drug-likeness (QED) is 0.0478. The van der Waals surface area contributed by atoms with Gasteiger partial charge in [-0.25, -0.2) is 0 Å². The highest BCUT2D eigenvalue weighted by Gasteiger charge is 2.19. The van der Waals surface area contributed by atoms with Crippen molar-refractivity contribution in [3.8, 4) is 23.7 Å². The zero-order valence-corrected chi connectivity index (χ0v) is 40.9.